The van der Waals surface area contributed by atoms with Crippen molar-refractivity contribution < 1.29 is 19.0 Å². The molecule has 9 nitrogen and oxygen atoms in total. The number of benzene rings is 2. The molecule has 0 aliphatic carbocycles. The Bertz CT molecular complexity index is 1390. The smallest absolute Gasteiger partial charge is 0.322 e. The number of rotatable bonds is 6. The number of aromatic nitrogens is 2. The number of hydrogen-bond acceptors (Lipinski definition) is 8. The van der Waals surface area contributed by atoms with Crippen molar-refractivity contribution in [3.05, 3.63) is 59.6 Å². The van der Waals surface area contributed by atoms with Crippen LogP contribution in [0.5, 0.6) is 17.6 Å². The van der Waals surface area contributed by atoms with Gasteiger partial charge in [-0.05, 0) is 44.0 Å². The van der Waals surface area contributed by atoms with Gasteiger partial charge in [-0.1, -0.05) is 48.5 Å². The fraction of sp³-hybridized carbons (Fsp3) is 0.414. The molecule has 0 radical (unpaired) electrons. The zero-order valence-corrected chi connectivity index (χ0v) is 22.8. The van der Waals surface area contributed by atoms with Gasteiger partial charge < -0.3 is 28.9 Å². The van der Waals surface area contributed by atoms with Gasteiger partial charge in [-0.3, -0.25) is 4.79 Å². The summed E-state index contributed by atoms with van der Waals surface area (Å²) in [4.78, 5) is 27.7. The number of amides is 1. The van der Waals surface area contributed by atoms with Crippen LogP contribution >= 0.6 is 11.6 Å². The Hall–Kier alpha value is -3.56. The second kappa shape index (κ2) is 10.9. The number of anilines is 1. The molecule has 2 fully saturated rings. The molecule has 39 heavy (non-hydrogen) atoms. The summed E-state index contributed by atoms with van der Waals surface area (Å²) < 4.78 is 18.9. The third-order valence-corrected chi connectivity index (χ3v) is 8.12. The highest BCUT2D eigenvalue weighted by atomic mass is 35.5. The molecule has 2 unspecified atom stereocenters. The van der Waals surface area contributed by atoms with Crippen LogP contribution in [0, 0.1) is 0 Å². The normalized spacial score (nSPS) is 21.3. The molecule has 3 aliphatic heterocycles. The summed E-state index contributed by atoms with van der Waals surface area (Å²) in [5.74, 6) is 1.39. The quantitative estimate of drug-likeness (QED) is 0.425. The van der Waals surface area contributed by atoms with Crippen molar-refractivity contribution in [3.63, 3.8) is 0 Å². The summed E-state index contributed by atoms with van der Waals surface area (Å²) in [6.45, 7) is 7.77. The third-order valence-electron chi connectivity index (χ3n) is 7.80. The molecular weight excluding hydrogens is 518 g/mol. The molecule has 0 spiro atoms. The molecule has 6 rings (SSSR count). The number of piperazine rings is 1. The summed E-state index contributed by atoms with van der Waals surface area (Å²) in [5.41, 5.74) is 0.940. The van der Waals surface area contributed by atoms with Crippen molar-refractivity contribution in [1.82, 2.24) is 19.8 Å². The first kappa shape index (κ1) is 25.7. The molecule has 204 valence electrons. The largest absolute Gasteiger partial charge is 0.481 e. The van der Waals surface area contributed by atoms with E-state index in [0.717, 1.165) is 35.7 Å². The average molecular weight is 550 g/mol. The third kappa shape index (κ3) is 5.08. The maximum atomic E-state index is 12.1. The average Bonchev–Trinajstić information content (AvgIpc) is 3.39. The number of fused-ring (bicyclic) bond motifs is 2. The first-order valence-electron chi connectivity index (χ1n) is 13.4. The van der Waals surface area contributed by atoms with Crippen molar-refractivity contribution in [2.24, 2.45) is 0 Å². The van der Waals surface area contributed by atoms with E-state index in [4.69, 9.17) is 30.8 Å². The van der Waals surface area contributed by atoms with Crippen LogP contribution in [0.3, 0.4) is 0 Å². The second-order valence-corrected chi connectivity index (χ2v) is 10.6. The number of nitrogens with zero attached hydrogens (tertiary/aromatic N) is 5. The highest BCUT2D eigenvalue weighted by Gasteiger charge is 2.33. The van der Waals surface area contributed by atoms with E-state index in [-0.39, 0.29) is 18.5 Å². The number of halogens is 1. The standard InChI is InChI=1S/C29H32ClN5O4/c1-3-24(36)34-13-15-35(16-14-34)27-26-28(32-29(31-27)38-17-20-9-6-12-33(20)2)39-23(18-37-26)21-10-4-7-19-8-5-11-22(30)25(19)21/h3-5,7-8,10-11,20,23H,1,6,9,12-18H2,2H3. The van der Waals surface area contributed by atoms with Gasteiger partial charge >= 0.3 is 6.01 Å². The van der Waals surface area contributed by atoms with Gasteiger partial charge in [0.1, 0.15) is 13.2 Å². The molecular formula is C29H32ClN5O4. The number of likely N-dealkylation sites (N-methyl/N-ethyl adjacent to an activating group) is 1. The van der Waals surface area contributed by atoms with Crippen LogP contribution in [0.15, 0.2) is 49.1 Å². The van der Waals surface area contributed by atoms with Crippen LogP contribution in [-0.4, -0.2) is 84.7 Å². The molecule has 1 amide bonds. The van der Waals surface area contributed by atoms with Crippen LogP contribution in [0.2, 0.25) is 5.02 Å². The van der Waals surface area contributed by atoms with E-state index in [2.05, 4.69) is 28.4 Å². The van der Waals surface area contributed by atoms with Crippen molar-refractivity contribution in [2.45, 2.75) is 25.0 Å². The molecule has 0 N–H and O–H groups in total. The molecule has 1 aromatic heterocycles. The fourth-order valence-electron chi connectivity index (χ4n) is 5.59. The zero-order valence-electron chi connectivity index (χ0n) is 22.0. The van der Waals surface area contributed by atoms with E-state index in [9.17, 15) is 4.79 Å². The maximum Gasteiger partial charge on any atom is 0.322 e. The lowest BCUT2D eigenvalue weighted by Crippen LogP contribution is -2.48. The molecule has 2 saturated heterocycles. The summed E-state index contributed by atoms with van der Waals surface area (Å²) in [7, 11) is 2.11. The Balaban J connectivity index is 1.31. The van der Waals surface area contributed by atoms with Crippen molar-refractivity contribution >= 4 is 34.1 Å². The Morgan fingerprint density at radius 1 is 1.15 bits per heavy atom. The number of hydrogen-bond donors (Lipinski definition) is 0. The minimum Gasteiger partial charge on any atom is -0.481 e. The van der Waals surface area contributed by atoms with Gasteiger partial charge in [-0.25, -0.2) is 0 Å². The van der Waals surface area contributed by atoms with Gasteiger partial charge in [-0.2, -0.15) is 9.97 Å². The number of carbonyl (C=O) groups is 1. The lowest BCUT2D eigenvalue weighted by atomic mass is 10.0. The minimum absolute atomic E-state index is 0.0692. The van der Waals surface area contributed by atoms with Crippen LogP contribution in [0.25, 0.3) is 10.8 Å². The Kier molecular flexibility index (Phi) is 7.18. The minimum atomic E-state index is -0.403. The molecule has 0 bridgehead atoms. The number of carbonyl (C=O) groups excluding carboxylic acids is 1. The van der Waals surface area contributed by atoms with E-state index in [1.807, 2.05) is 36.4 Å². The van der Waals surface area contributed by atoms with E-state index in [1.54, 1.807) is 4.90 Å². The SMILES string of the molecule is C=CC(=O)N1CCN(c2nc(OCC3CCCN3C)nc3c2OCC(c2cccc4cccc(Cl)c24)O3)CC1. The second-order valence-electron chi connectivity index (χ2n) is 10.2. The Labute approximate surface area is 232 Å². The van der Waals surface area contributed by atoms with Crippen molar-refractivity contribution in [2.75, 3.05) is 57.9 Å². The number of likely N-dealkylation sites (tertiary alicyclic amines) is 1. The molecule has 3 aromatic rings. The van der Waals surface area contributed by atoms with Gasteiger partial charge in [0.2, 0.25) is 11.7 Å². The molecule has 2 aromatic carbocycles. The van der Waals surface area contributed by atoms with E-state index < -0.39 is 6.10 Å². The molecule has 10 heteroatoms. The lowest BCUT2D eigenvalue weighted by Gasteiger charge is -2.36. The summed E-state index contributed by atoms with van der Waals surface area (Å²) >= 11 is 6.61. The topological polar surface area (TPSA) is 80.3 Å². The highest BCUT2D eigenvalue weighted by molar-refractivity contribution is 6.35. The predicted octanol–water partition coefficient (Wildman–Crippen LogP) is 4.10. The number of ether oxygens (including phenoxy) is 3. The fourth-order valence-corrected chi connectivity index (χ4v) is 5.88. The molecule has 0 saturated carbocycles. The Morgan fingerprint density at radius 3 is 2.69 bits per heavy atom. The summed E-state index contributed by atoms with van der Waals surface area (Å²) in [6, 6.07) is 12.5. The summed E-state index contributed by atoms with van der Waals surface area (Å²) in [6.07, 6.45) is 3.18. The summed E-state index contributed by atoms with van der Waals surface area (Å²) in [5, 5.41) is 2.64. The van der Waals surface area contributed by atoms with Gasteiger partial charge in [-0.15, -0.1) is 0 Å². The highest BCUT2D eigenvalue weighted by Crippen LogP contribution is 2.44. The maximum absolute atomic E-state index is 12.1. The molecule has 3 aliphatic rings. The molecule has 2 atom stereocenters. The van der Waals surface area contributed by atoms with Gasteiger partial charge in [0.15, 0.2) is 11.9 Å². The van der Waals surface area contributed by atoms with Gasteiger partial charge in [0.05, 0.1) is 0 Å². The van der Waals surface area contributed by atoms with E-state index in [0.29, 0.717) is 61.3 Å². The van der Waals surface area contributed by atoms with Crippen molar-refractivity contribution in [3.8, 4) is 17.6 Å². The van der Waals surface area contributed by atoms with Crippen LogP contribution in [0.1, 0.15) is 24.5 Å². The first-order chi connectivity index (χ1) is 19.0. The Morgan fingerprint density at radius 2 is 1.95 bits per heavy atom. The van der Waals surface area contributed by atoms with Gasteiger partial charge in [0.25, 0.3) is 5.88 Å². The van der Waals surface area contributed by atoms with E-state index >= 15 is 0 Å². The van der Waals surface area contributed by atoms with Crippen LogP contribution < -0.4 is 19.1 Å². The zero-order chi connectivity index (χ0) is 26.9. The van der Waals surface area contributed by atoms with E-state index in [1.165, 1.54) is 6.08 Å². The molecule has 4 heterocycles. The van der Waals surface area contributed by atoms with Crippen LogP contribution in [0.4, 0.5) is 5.82 Å². The predicted molar refractivity (Wildman–Crippen MR) is 150 cm³/mol. The monoisotopic (exact) mass is 549 g/mol. The first-order valence-corrected chi connectivity index (χ1v) is 13.8. The lowest BCUT2D eigenvalue weighted by molar-refractivity contribution is -0.126. The van der Waals surface area contributed by atoms with Crippen LogP contribution in [-0.2, 0) is 4.79 Å². The van der Waals surface area contributed by atoms with Crippen molar-refractivity contribution in [1.29, 1.82) is 0 Å². The van der Waals surface area contributed by atoms with Gasteiger partial charge in [0, 0.05) is 48.2 Å².